The Kier molecular flexibility index (Phi) is 7.54. The molecular formula is C20H27N3O5. The van der Waals surface area contributed by atoms with Crippen LogP contribution in [0.1, 0.15) is 40.0 Å². The zero-order chi connectivity index (χ0) is 20.7. The molecule has 0 saturated carbocycles. The van der Waals surface area contributed by atoms with Crippen molar-refractivity contribution in [3.8, 4) is 0 Å². The quantitative estimate of drug-likeness (QED) is 0.633. The SMILES string of the molecule is CC(C)CCC[C@H](C)NC(=O)COC(=O)Cn1[nH]c(=O)c2ccccc2c1=O. The van der Waals surface area contributed by atoms with Gasteiger partial charge in [-0.2, -0.15) is 0 Å². The first-order valence-electron chi connectivity index (χ1n) is 9.44. The minimum absolute atomic E-state index is 0.00980. The van der Waals surface area contributed by atoms with Gasteiger partial charge in [-0.15, -0.1) is 0 Å². The van der Waals surface area contributed by atoms with E-state index in [0.717, 1.165) is 23.9 Å². The molecule has 0 fully saturated rings. The number of carbonyl (C=O) groups excluding carboxylic acids is 2. The Morgan fingerprint density at radius 2 is 1.79 bits per heavy atom. The van der Waals surface area contributed by atoms with Crippen LogP contribution >= 0.6 is 0 Å². The van der Waals surface area contributed by atoms with Crippen molar-refractivity contribution in [2.75, 3.05) is 6.61 Å². The van der Waals surface area contributed by atoms with Crippen molar-refractivity contribution in [1.29, 1.82) is 0 Å². The number of nitrogens with one attached hydrogen (secondary N) is 2. The highest BCUT2D eigenvalue weighted by Crippen LogP contribution is 2.08. The van der Waals surface area contributed by atoms with E-state index in [9.17, 15) is 19.2 Å². The van der Waals surface area contributed by atoms with Crippen LogP contribution in [0.25, 0.3) is 10.8 Å². The molecule has 0 unspecified atom stereocenters. The fourth-order valence-electron chi connectivity index (χ4n) is 2.90. The first-order valence-corrected chi connectivity index (χ1v) is 9.44. The van der Waals surface area contributed by atoms with Gasteiger partial charge in [0, 0.05) is 6.04 Å². The molecule has 0 radical (unpaired) electrons. The number of aromatic amines is 1. The molecule has 0 spiro atoms. The van der Waals surface area contributed by atoms with E-state index in [2.05, 4.69) is 24.3 Å². The van der Waals surface area contributed by atoms with E-state index in [0.29, 0.717) is 5.92 Å². The number of nitrogens with zero attached hydrogens (tertiary/aromatic N) is 1. The van der Waals surface area contributed by atoms with Crippen molar-refractivity contribution >= 4 is 22.6 Å². The number of fused-ring (bicyclic) bond motifs is 1. The van der Waals surface area contributed by atoms with E-state index in [1.165, 1.54) is 12.1 Å². The Labute approximate surface area is 162 Å². The first-order chi connectivity index (χ1) is 13.3. The minimum atomic E-state index is -0.782. The van der Waals surface area contributed by atoms with E-state index in [1.807, 2.05) is 6.92 Å². The highest BCUT2D eigenvalue weighted by atomic mass is 16.5. The van der Waals surface area contributed by atoms with Gasteiger partial charge in [0.1, 0.15) is 6.54 Å². The number of amides is 1. The molecule has 28 heavy (non-hydrogen) atoms. The summed E-state index contributed by atoms with van der Waals surface area (Å²) in [4.78, 5) is 48.2. The number of carbonyl (C=O) groups is 2. The van der Waals surface area contributed by atoms with Gasteiger partial charge in [0.05, 0.1) is 10.8 Å². The minimum Gasteiger partial charge on any atom is -0.454 e. The summed E-state index contributed by atoms with van der Waals surface area (Å²) in [6, 6.07) is 6.33. The topological polar surface area (TPSA) is 110 Å². The third kappa shape index (κ3) is 6.07. The number of aromatic nitrogens is 2. The second-order valence-corrected chi connectivity index (χ2v) is 7.33. The number of H-pyrrole nitrogens is 1. The smallest absolute Gasteiger partial charge is 0.328 e. The maximum Gasteiger partial charge on any atom is 0.328 e. The van der Waals surface area contributed by atoms with E-state index >= 15 is 0 Å². The zero-order valence-electron chi connectivity index (χ0n) is 16.5. The summed E-state index contributed by atoms with van der Waals surface area (Å²) < 4.78 is 5.81. The van der Waals surface area contributed by atoms with Crippen LogP contribution in [0.5, 0.6) is 0 Å². The Morgan fingerprint density at radius 1 is 1.11 bits per heavy atom. The molecule has 0 aliphatic heterocycles. The predicted molar refractivity (Wildman–Crippen MR) is 106 cm³/mol. The van der Waals surface area contributed by atoms with Gasteiger partial charge in [0.15, 0.2) is 6.61 Å². The average molecular weight is 389 g/mol. The van der Waals surface area contributed by atoms with Gasteiger partial charge >= 0.3 is 5.97 Å². The van der Waals surface area contributed by atoms with Gasteiger partial charge in [-0.25, -0.2) is 4.68 Å². The Bertz CT molecular complexity index is 945. The molecule has 1 aromatic heterocycles. The van der Waals surface area contributed by atoms with Gasteiger partial charge in [0.25, 0.3) is 17.0 Å². The van der Waals surface area contributed by atoms with Crippen molar-refractivity contribution in [2.24, 2.45) is 5.92 Å². The number of benzene rings is 1. The third-order valence-electron chi connectivity index (χ3n) is 4.36. The maximum atomic E-state index is 12.4. The summed E-state index contributed by atoms with van der Waals surface area (Å²) >= 11 is 0. The second-order valence-electron chi connectivity index (χ2n) is 7.33. The number of esters is 1. The van der Waals surface area contributed by atoms with Crippen molar-refractivity contribution in [2.45, 2.75) is 52.6 Å². The summed E-state index contributed by atoms with van der Waals surface area (Å²) in [6.45, 7) is 5.29. The molecule has 152 valence electrons. The summed E-state index contributed by atoms with van der Waals surface area (Å²) in [5, 5.41) is 5.59. The van der Waals surface area contributed by atoms with Gasteiger partial charge in [-0.1, -0.05) is 38.8 Å². The van der Waals surface area contributed by atoms with E-state index < -0.39 is 36.1 Å². The monoisotopic (exact) mass is 389 g/mol. The average Bonchev–Trinajstić information content (AvgIpc) is 2.64. The van der Waals surface area contributed by atoms with Crippen molar-refractivity contribution in [1.82, 2.24) is 15.1 Å². The van der Waals surface area contributed by atoms with Gasteiger partial charge in [-0.05, 0) is 31.4 Å². The van der Waals surface area contributed by atoms with Crippen LogP contribution in [-0.4, -0.2) is 34.3 Å². The van der Waals surface area contributed by atoms with Crippen LogP contribution in [0.15, 0.2) is 33.9 Å². The predicted octanol–water partition coefficient (Wildman–Crippen LogP) is 1.56. The molecule has 0 aliphatic rings. The lowest BCUT2D eigenvalue weighted by Crippen LogP contribution is -2.37. The van der Waals surface area contributed by atoms with Gasteiger partial charge in [-0.3, -0.25) is 24.3 Å². The van der Waals surface area contributed by atoms with Crippen molar-refractivity contribution in [3.05, 3.63) is 45.0 Å². The molecule has 1 atom stereocenters. The summed E-state index contributed by atoms with van der Waals surface area (Å²) in [7, 11) is 0. The maximum absolute atomic E-state index is 12.4. The fourth-order valence-corrected chi connectivity index (χ4v) is 2.90. The molecule has 0 aliphatic carbocycles. The molecular weight excluding hydrogens is 362 g/mol. The molecule has 2 N–H and O–H groups in total. The first kappa shape index (κ1) is 21.4. The summed E-state index contributed by atoms with van der Waals surface area (Å²) in [5.74, 6) is -0.561. The Balaban J connectivity index is 1.87. The molecule has 1 heterocycles. The van der Waals surface area contributed by atoms with Crippen LogP contribution in [0.4, 0.5) is 0 Å². The molecule has 0 bridgehead atoms. The van der Waals surface area contributed by atoms with Gasteiger partial charge < -0.3 is 10.1 Å². The lowest BCUT2D eigenvalue weighted by Gasteiger charge is -2.14. The van der Waals surface area contributed by atoms with Crippen LogP contribution in [0.3, 0.4) is 0 Å². The van der Waals surface area contributed by atoms with Crippen LogP contribution in [0, 0.1) is 5.92 Å². The summed E-state index contributed by atoms with van der Waals surface area (Å²) in [5.41, 5.74) is -0.980. The number of rotatable bonds is 9. The zero-order valence-corrected chi connectivity index (χ0v) is 16.5. The third-order valence-corrected chi connectivity index (χ3v) is 4.36. The number of hydrogen-bond acceptors (Lipinski definition) is 5. The Morgan fingerprint density at radius 3 is 2.46 bits per heavy atom. The van der Waals surface area contributed by atoms with Crippen LogP contribution in [-0.2, 0) is 20.9 Å². The highest BCUT2D eigenvalue weighted by molar-refractivity contribution is 5.81. The summed E-state index contributed by atoms with van der Waals surface area (Å²) in [6.07, 6.45) is 2.95. The largest absolute Gasteiger partial charge is 0.454 e. The molecule has 0 saturated heterocycles. The number of ether oxygens (including phenoxy) is 1. The second kappa shape index (κ2) is 9.87. The van der Waals surface area contributed by atoms with E-state index in [-0.39, 0.29) is 16.8 Å². The van der Waals surface area contributed by atoms with Crippen molar-refractivity contribution in [3.63, 3.8) is 0 Å². The standard InChI is InChI=1S/C20H27N3O5/c1-13(2)7-6-8-14(3)21-17(24)12-28-18(25)11-23-20(27)16-10-5-4-9-15(16)19(26)22-23/h4-5,9-10,13-14H,6-8,11-12H2,1-3H3,(H,21,24)(H,22,26)/t14-/m0/s1. The number of hydrogen-bond donors (Lipinski definition) is 2. The van der Waals surface area contributed by atoms with Gasteiger partial charge in [0.2, 0.25) is 0 Å². The van der Waals surface area contributed by atoms with E-state index in [4.69, 9.17) is 4.74 Å². The lowest BCUT2D eigenvalue weighted by atomic mass is 10.0. The van der Waals surface area contributed by atoms with E-state index in [1.54, 1.807) is 12.1 Å². The lowest BCUT2D eigenvalue weighted by molar-refractivity contribution is -0.149. The molecule has 2 aromatic rings. The Hall–Kier alpha value is -2.90. The molecule has 8 nitrogen and oxygen atoms in total. The molecule has 1 aromatic carbocycles. The highest BCUT2D eigenvalue weighted by Gasteiger charge is 2.13. The fraction of sp³-hybridized carbons (Fsp3) is 0.500. The van der Waals surface area contributed by atoms with Crippen molar-refractivity contribution < 1.29 is 14.3 Å². The molecule has 8 heteroatoms. The molecule has 1 amide bonds. The van der Waals surface area contributed by atoms with Crippen LogP contribution in [0.2, 0.25) is 0 Å². The normalized spacial score (nSPS) is 12.1. The molecule has 2 rings (SSSR count). The van der Waals surface area contributed by atoms with Crippen LogP contribution < -0.4 is 16.4 Å².